The molecule has 0 saturated heterocycles. The van der Waals surface area contributed by atoms with E-state index in [1.807, 2.05) is 6.92 Å². The lowest BCUT2D eigenvalue weighted by Crippen LogP contribution is -2.37. The lowest BCUT2D eigenvalue weighted by atomic mass is 10.1. The summed E-state index contributed by atoms with van der Waals surface area (Å²) in [7, 11) is 0. The summed E-state index contributed by atoms with van der Waals surface area (Å²) in [4.78, 5) is 21.9. The monoisotopic (exact) mass is 221 g/mol. The fraction of sp³-hybridized carbons (Fsp3) is 0.545. The Morgan fingerprint density at radius 1 is 1.56 bits per heavy atom. The number of aromatic nitrogens is 2. The van der Waals surface area contributed by atoms with E-state index in [0.29, 0.717) is 19.7 Å². The van der Waals surface area contributed by atoms with E-state index in [1.54, 1.807) is 18.0 Å². The molecule has 0 N–H and O–H groups in total. The van der Waals surface area contributed by atoms with Crippen LogP contribution in [0.25, 0.3) is 0 Å². The number of aryl methyl sites for hydroxylation is 1. The number of ether oxygens (including phenoxy) is 1. The number of nitrogens with zero attached hydrogens (tertiary/aromatic N) is 3. The van der Waals surface area contributed by atoms with E-state index >= 15 is 0 Å². The van der Waals surface area contributed by atoms with Crippen molar-refractivity contribution in [3.05, 3.63) is 23.3 Å². The van der Waals surface area contributed by atoms with Gasteiger partial charge in [-0.15, -0.1) is 0 Å². The molecule has 1 amide bonds. The maximum absolute atomic E-state index is 11.5. The van der Waals surface area contributed by atoms with Crippen LogP contribution in [0.3, 0.4) is 0 Å². The topological polar surface area (TPSA) is 55.3 Å². The smallest absolute Gasteiger partial charge is 0.410 e. The molecule has 0 atom stereocenters. The fourth-order valence-corrected chi connectivity index (χ4v) is 1.76. The van der Waals surface area contributed by atoms with Gasteiger partial charge >= 0.3 is 6.09 Å². The van der Waals surface area contributed by atoms with Crippen molar-refractivity contribution in [2.45, 2.75) is 26.8 Å². The van der Waals surface area contributed by atoms with Gasteiger partial charge < -0.3 is 9.64 Å². The van der Waals surface area contributed by atoms with E-state index < -0.39 is 0 Å². The normalized spacial score (nSPS) is 14.5. The van der Waals surface area contributed by atoms with Crippen molar-refractivity contribution in [2.24, 2.45) is 0 Å². The molecular weight excluding hydrogens is 206 g/mol. The molecule has 1 aliphatic rings. The summed E-state index contributed by atoms with van der Waals surface area (Å²) in [5.74, 6) is 0. The van der Waals surface area contributed by atoms with Crippen molar-refractivity contribution in [1.82, 2.24) is 14.9 Å². The Labute approximate surface area is 94.5 Å². The highest BCUT2D eigenvalue weighted by Gasteiger charge is 2.23. The molecule has 0 fully saturated rings. The maximum Gasteiger partial charge on any atom is 0.410 e. The van der Waals surface area contributed by atoms with Gasteiger partial charge in [0.05, 0.1) is 30.2 Å². The SMILES string of the molecule is CCOC(=O)N1CCc2nc(C)cnc2C1. The first-order valence-corrected chi connectivity index (χ1v) is 5.43. The Morgan fingerprint density at radius 3 is 3.12 bits per heavy atom. The van der Waals surface area contributed by atoms with Gasteiger partial charge in [-0.25, -0.2) is 4.79 Å². The molecule has 0 spiro atoms. The molecule has 16 heavy (non-hydrogen) atoms. The Bertz CT molecular complexity index is 406. The second-order valence-corrected chi connectivity index (χ2v) is 3.78. The van der Waals surface area contributed by atoms with Crippen molar-refractivity contribution in [3.8, 4) is 0 Å². The maximum atomic E-state index is 11.5. The van der Waals surface area contributed by atoms with Crippen LogP contribution in [0, 0.1) is 6.92 Å². The third-order valence-corrected chi connectivity index (χ3v) is 2.54. The largest absolute Gasteiger partial charge is 0.450 e. The molecule has 2 heterocycles. The van der Waals surface area contributed by atoms with E-state index in [9.17, 15) is 4.79 Å². The molecular formula is C11H15N3O2. The van der Waals surface area contributed by atoms with Gasteiger partial charge in [-0.3, -0.25) is 9.97 Å². The van der Waals surface area contributed by atoms with Crippen molar-refractivity contribution in [3.63, 3.8) is 0 Å². The highest BCUT2D eigenvalue weighted by molar-refractivity contribution is 5.67. The van der Waals surface area contributed by atoms with Crippen molar-refractivity contribution < 1.29 is 9.53 Å². The molecule has 1 aliphatic heterocycles. The third-order valence-electron chi connectivity index (χ3n) is 2.54. The zero-order valence-electron chi connectivity index (χ0n) is 9.56. The predicted molar refractivity (Wildman–Crippen MR) is 57.9 cm³/mol. The number of fused-ring (bicyclic) bond motifs is 1. The summed E-state index contributed by atoms with van der Waals surface area (Å²) >= 11 is 0. The van der Waals surface area contributed by atoms with Crippen molar-refractivity contribution in [2.75, 3.05) is 13.2 Å². The van der Waals surface area contributed by atoms with Crippen molar-refractivity contribution in [1.29, 1.82) is 0 Å². The molecule has 86 valence electrons. The first-order chi connectivity index (χ1) is 7.70. The first-order valence-electron chi connectivity index (χ1n) is 5.43. The van der Waals surface area contributed by atoms with Crippen LogP contribution >= 0.6 is 0 Å². The molecule has 0 aliphatic carbocycles. The minimum Gasteiger partial charge on any atom is -0.450 e. The predicted octanol–water partition coefficient (Wildman–Crippen LogP) is 1.30. The van der Waals surface area contributed by atoms with Gasteiger partial charge in [-0.2, -0.15) is 0 Å². The summed E-state index contributed by atoms with van der Waals surface area (Å²) in [6.07, 6.45) is 2.21. The zero-order chi connectivity index (χ0) is 11.5. The lowest BCUT2D eigenvalue weighted by Gasteiger charge is -2.26. The van der Waals surface area contributed by atoms with Crippen LogP contribution in [0.1, 0.15) is 24.0 Å². The number of carbonyl (C=O) groups is 1. The molecule has 0 bridgehead atoms. The van der Waals surface area contributed by atoms with Crippen molar-refractivity contribution >= 4 is 6.09 Å². The Morgan fingerprint density at radius 2 is 2.38 bits per heavy atom. The minimum atomic E-state index is -0.268. The van der Waals surface area contributed by atoms with Crippen LogP contribution in [0.15, 0.2) is 6.20 Å². The lowest BCUT2D eigenvalue weighted by molar-refractivity contribution is 0.102. The average molecular weight is 221 g/mol. The quantitative estimate of drug-likeness (QED) is 0.717. The molecule has 0 aromatic carbocycles. The Kier molecular flexibility index (Phi) is 3.03. The van der Waals surface area contributed by atoms with E-state index in [0.717, 1.165) is 23.5 Å². The molecule has 0 saturated carbocycles. The van der Waals surface area contributed by atoms with Crippen LogP contribution in [0.5, 0.6) is 0 Å². The number of hydrogen-bond donors (Lipinski definition) is 0. The molecule has 1 aromatic rings. The van der Waals surface area contributed by atoms with Gasteiger partial charge in [-0.1, -0.05) is 0 Å². The third kappa shape index (κ3) is 2.13. The number of amides is 1. The summed E-state index contributed by atoms with van der Waals surface area (Å²) in [6.45, 7) is 5.29. The summed E-state index contributed by atoms with van der Waals surface area (Å²) in [6, 6.07) is 0. The second kappa shape index (κ2) is 4.47. The van der Waals surface area contributed by atoms with E-state index in [2.05, 4.69) is 9.97 Å². The van der Waals surface area contributed by atoms with Gasteiger partial charge in [0, 0.05) is 19.2 Å². The van der Waals surface area contributed by atoms with Gasteiger partial charge in [0.2, 0.25) is 0 Å². The van der Waals surface area contributed by atoms with E-state index in [4.69, 9.17) is 4.74 Å². The van der Waals surface area contributed by atoms with E-state index in [1.165, 1.54) is 0 Å². The number of hydrogen-bond acceptors (Lipinski definition) is 4. The summed E-state index contributed by atoms with van der Waals surface area (Å²) in [5.41, 5.74) is 2.80. The minimum absolute atomic E-state index is 0.268. The van der Waals surface area contributed by atoms with Crippen LogP contribution < -0.4 is 0 Å². The van der Waals surface area contributed by atoms with Gasteiger partial charge in [-0.05, 0) is 13.8 Å². The number of rotatable bonds is 1. The van der Waals surface area contributed by atoms with Gasteiger partial charge in [0.25, 0.3) is 0 Å². The summed E-state index contributed by atoms with van der Waals surface area (Å²) < 4.78 is 4.96. The summed E-state index contributed by atoms with van der Waals surface area (Å²) in [5, 5.41) is 0. The fourth-order valence-electron chi connectivity index (χ4n) is 1.76. The van der Waals surface area contributed by atoms with Crippen LogP contribution in [-0.2, 0) is 17.7 Å². The molecule has 0 unspecified atom stereocenters. The molecule has 2 rings (SSSR count). The van der Waals surface area contributed by atoms with Gasteiger partial charge in [0.1, 0.15) is 0 Å². The standard InChI is InChI=1S/C11H15N3O2/c1-3-16-11(15)14-5-4-9-10(7-14)12-6-8(2)13-9/h6H,3-5,7H2,1-2H3. The highest BCUT2D eigenvalue weighted by Crippen LogP contribution is 2.15. The number of carbonyl (C=O) groups excluding carboxylic acids is 1. The second-order valence-electron chi connectivity index (χ2n) is 3.78. The van der Waals surface area contributed by atoms with E-state index in [-0.39, 0.29) is 6.09 Å². The molecule has 0 radical (unpaired) electrons. The Balaban J connectivity index is 2.12. The van der Waals surface area contributed by atoms with Crippen LogP contribution in [0.4, 0.5) is 4.79 Å². The zero-order valence-corrected chi connectivity index (χ0v) is 9.56. The van der Waals surface area contributed by atoms with Gasteiger partial charge in [0.15, 0.2) is 0 Å². The molecule has 5 heteroatoms. The first kappa shape index (κ1) is 10.9. The van der Waals surface area contributed by atoms with Crippen LogP contribution in [0.2, 0.25) is 0 Å². The Hall–Kier alpha value is -1.65. The highest BCUT2D eigenvalue weighted by atomic mass is 16.6. The van der Waals surface area contributed by atoms with Crippen LogP contribution in [-0.4, -0.2) is 34.1 Å². The molecule has 5 nitrogen and oxygen atoms in total. The molecule has 1 aromatic heterocycles. The average Bonchev–Trinajstić information content (AvgIpc) is 2.28.